The van der Waals surface area contributed by atoms with E-state index in [4.69, 9.17) is 12.6 Å². The van der Waals surface area contributed by atoms with E-state index in [0.717, 1.165) is 17.6 Å². The molecule has 0 rings (SSSR count). The minimum Gasteiger partial charge on any atom is -0.0941 e. The fourth-order valence-electron chi connectivity index (χ4n) is 1.68. The molecule has 0 spiro atoms. The maximum absolute atomic E-state index is 4.97. The van der Waals surface area contributed by atoms with E-state index in [1.807, 2.05) is 0 Å². The first-order chi connectivity index (χ1) is 5.70. The summed E-state index contributed by atoms with van der Waals surface area (Å²) in [5, 5.41) is 0. The van der Waals surface area contributed by atoms with Gasteiger partial charge in [-0.25, -0.2) is 0 Å². The molecule has 12 heavy (non-hydrogen) atoms. The van der Waals surface area contributed by atoms with Crippen molar-refractivity contribution in [1.29, 1.82) is 0 Å². The zero-order valence-electron chi connectivity index (χ0n) is 8.81. The lowest BCUT2D eigenvalue weighted by molar-refractivity contribution is 0.380. The van der Waals surface area contributed by atoms with Crippen molar-refractivity contribution in [3.05, 3.63) is 0 Å². The Bertz CT molecular complexity index is 91.0. The number of rotatable bonds is 7. The lowest BCUT2D eigenvalue weighted by Crippen LogP contribution is -2.03. The topological polar surface area (TPSA) is 0 Å². The Kier molecular flexibility index (Phi) is 8.20. The summed E-state index contributed by atoms with van der Waals surface area (Å²) in [7, 11) is 0. The van der Waals surface area contributed by atoms with Crippen molar-refractivity contribution in [3.8, 4) is 0 Å². The van der Waals surface area contributed by atoms with Crippen LogP contribution < -0.4 is 0 Å². The highest BCUT2D eigenvalue weighted by Gasteiger charge is 2.07. The minimum absolute atomic E-state index is 0.842. The van der Waals surface area contributed by atoms with Crippen LogP contribution in [0.3, 0.4) is 0 Å². The minimum atomic E-state index is 0.842. The van der Waals surface area contributed by atoms with Gasteiger partial charge in [-0.15, -0.1) is 0 Å². The Morgan fingerprint density at radius 1 is 1.08 bits per heavy atom. The predicted molar refractivity (Wildman–Crippen MR) is 59.5 cm³/mol. The highest BCUT2D eigenvalue weighted by atomic mass is 32.1. The van der Waals surface area contributed by atoms with Gasteiger partial charge in [0.15, 0.2) is 0 Å². The molecule has 0 saturated heterocycles. The molecule has 73 valence electrons. The molecule has 1 radical (unpaired) electrons. The molecule has 0 aliphatic carbocycles. The second kappa shape index (κ2) is 7.97. The van der Waals surface area contributed by atoms with Crippen molar-refractivity contribution in [2.45, 2.75) is 52.9 Å². The molecule has 0 nitrogen and oxygen atoms in total. The van der Waals surface area contributed by atoms with Crippen LogP contribution in [0.4, 0.5) is 0 Å². The van der Waals surface area contributed by atoms with Crippen molar-refractivity contribution in [2.75, 3.05) is 5.75 Å². The molecule has 0 amide bonds. The van der Waals surface area contributed by atoms with Gasteiger partial charge < -0.3 is 0 Å². The summed E-state index contributed by atoms with van der Waals surface area (Å²) in [6.07, 6.45) is 6.72. The van der Waals surface area contributed by atoms with Crippen molar-refractivity contribution in [2.24, 2.45) is 11.8 Å². The van der Waals surface area contributed by atoms with Crippen LogP contribution >= 0.6 is 12.6 Å². The lowest BCUT2D eigenvalue weighted by atomic mass is 9.92. The zero-order chi connectivity index (χ0) is 9.40. The Morgan fingerprint density at radius 3 is 2.17 bits per heavy atom. The van der Waals surface area contributed by atoms with E-state index in [2.05, 4.69) is 20.8 Å². The molecular weight excluding hydrogens is 164 g/mol. The standard InChI is InChI=1S/C11H23S/c1-4-5-6-10(2)9-11(3)7-8-12/h10-11H,4-9H2,1-3H3. The van der Waals surface area contributed by atoms with E-state index in [0.29, 0.717) is 0 Å². The molecule has 0 bridgehead atoms. The Labute approximate surface area is 83.5 Å². The molecular formula is C11H23S. The van der Waals surface area contributed by atoms with Crippen LogP contribution in [0.25, 0.3) is 0 Å². The smallest absolute Gasteiger partial charge is 0.00394 e. The van der Waals surface area contributed by atoms with Crippen LogP contribution in [0, 0.1) is 11.8 Å². The van der Waals surface area contributed by atoms with Gasteiger partial charge in [0.1, 0.15) is 0 Å². The Balaban J connectivity index is 3.33. The second-order valence-corrected chi connectivity index (χ2v) is 4.49. The van der Waals surface area contributed by atoms with Gasteiger partial charge in [-0.3, -0.25) is 0 Å². The first kappa shape index (κ1) is 12.3. The van der Waals surface area contributed by atoms with E-state index in [1.165, 1.54) is 32.1 Å². The summed E-state index contributed by atoms with van der Waals surface area (Å²) in [6.45, 7) is 6.96. The predicted octanol–water partition coefficient (Wildman–Crippen LogP) is 4.43. The molecule has 2 unspecified atom stereocenters. The van der Waals surface area contributed by atoms with Crippen molar-refractivity contribution < 1.29 is 0 Å². The van der Waals surface area contributed by atoms with E-state index in [-0.39, 0.29) is 0 Å². The van der Waals surface area contributed by atoms with E-state index < -0.39 is 0 Å². The van der Waals surface area contributed by atoms with Gasteiger partial charge in [0.05, 0.1) is 0 Å². The highest BCUT2D eigenvalue weighted by Crippen LogP contribution is 2.19. The van der Waals surface area contributed by atoms with E-state index in [9.17, 15) is 0 Å². The van der Waals surface area contributed by atoms with Gasteiger partial charge in [0.2, 0.25) is 0 Å². The maximum Gasteiger partial charge on any atom is 0.00394 e. The van der Waals surface area contributed by atoms with Crippen molar-refractivity contribution in [1.82, 2.24) is 0 Å². The number of unbranched alkanes of at least 4 members (excludes halogenated alkanes) is 1. The van der Waals surface area contributed by atoms with Crippen LogP contribution in [-0.4, -0.2) is 5.75 Å². The van der Waals surface area contributed by atoms with E-state index in [1.54, 1.807) is 0 Å². The first-order valence-corrected chi connectivity index (χ1v) is 5.86. The molecule has 0 aliphatic rings. The Morgan fingerprint density at radius 2 is 1.67 bits per heavy atom. The summed E-state index contributed by atoms with van der Waals surface area (Å²) in [5.41, 5.74) is 0. The highest BCUT2D eigenvalue weighted by molar-refractivity contribution is 7.80. The van der Waals surface area contributed by atoms with Crippen LogP contribution in [0.5, 0.6) is 0 Å². The molecule has 0 aromatic rings. The molecule has 0 heterocycles. The second-order valence-electron chi connectivity index (χ2n) is 4.08. The average Bonchev–Trinajstić information content (AvgIpc) is 2.01. The average molecular weight is 187 g/mol. The lowest BCUT2D eigenvalue weighted by Gasteiger charge is -2.15. The van der Waals surface area contributed by atoms with Crippen LogP contribution in [0.2, 0.25) is 0 Å². The number of hydrogen-bond acceptors (Lipinski definition) is 0. The largest absolute Gasteiger partial charge is 0.0941 e. The first-order valence-electron chi connectivity index (χ1n) is 5.28. The van der Waals surface area contributed by atoms with Crippen LogP contribution in [0.1, 0.15) is 52.9 Å². The summed E-state index contributed by atoms with van der Waals surface area (Å²) in [5.74, 6) is 2.68. The third-order valence-corrected chi connectivity index (χ3v) is 2.70. The third kappa shape index (κ3) is 7.02. The normalized spacial score (nSPS) is 16.0. The van der Waals surface area contributed by atoms with Gasteiger partial charge in [0.25, 0.3) is 0 Å². The SMILES string of the molecule is CCCCC(C)CC(C)CC[S]. The fourth-order valence-corrected chi connectivity index (χ4v) is 2.08. The van der Waals surface area contributed by atoms with Gasteiger partial charge in [0, 0.05) is 5.75 Å². The number of hydrogen-bond donors (Lipinski definition) is 0. The van der Waals surface area contributed by atoms with Crippen LogP contribution in [-0.2, 0) is 0 Å². The van der Waals surface area contributed by atoms with Crippen molar-refractivity contribution >= 4 is 12.6 Å². The monoisotopic (exact) mass is 187 g/mol. The van der Waals surface area contributed by atoms with Crippen molar-refractivity contribution in [3.63, 3.8) is 0 Å². The molecule has 1 heteroatoms. The van der Waals surface area contributed by atoms with Gasteiger partial charge in [-0.2, -0.15) is 0 Å². The summed E-state index contributed by atoms with van der Waals surface area (Å²) < 4.78 is 0. The molecule has 0 N–H and O–H groups in total. The Hall–Kier alpha value is 0.350. The molecule has 0 saturated carbocycles. The fraction of sp³-hybridized carbons (Fsp3) is 1.00. The van der Waals surface area contributed by atoms with Gasteiger partial charge in [-0.1, -0.05) is 52.7 Å². The zero-order valence-corrected chi connectivity index (χ0v) is 9.62. The molecule has 0 aromatic heterocycles. The molecule has 2 atom stereocenters. The maximum atomic E-state index is 4.97. The van der Waals surface area contributed by atoms with E-state index >= 15 is 0 Å². The molecule has 0 aromatic carbocycles. The summed E-state index contributed by atoms with van der Waals surface area (Å²) in [6, 6.07) is 0. The quantitative estimate of drug-likeness (QED) is 0.553. The molecule has 0 fully saturated rings. The summed E-state index contributed by atoms with van der Waals surface area (Å²) in [4.78, 5) is 0. The molecule has 0 aliphatic heterocycles. The van der Waals surface area contributed by atoms with Gasteiger partial charge in [-0.05, 0) is 24.7 Å². The summed E-state index contributed by atoms with van der Waals surface area (Å²) >= 11 is 4.97. The van der Waals surface area contributed by atoms with Gasteiger partial charge >= 0.3 is 0 Å². The van der Waals surface area contributed by atoms with Crippen LogP contribution in [0.15, 0.2) is 0 Å². The third-order valence-electron chi connectivity index (χ3n) is 2.47.